The van der Waals surface area contributed by atoms with Gasteiger partial charge >= 0.3 is 0 Å². The summed E-state index contributed by atoms with van der Waals surface area (Å²) in [5.41, 5.74) is 3.04. The highest BCUT2D eigenvalue weighted by Gasteiger charge is 2.13. The zero-order valence-electron chi connectivity index (χ0n) is 16.3. The summed E-state index contributed by atoms with van der Waals surface area (Å²) in [5.74, 6) is 2.03. The van der Waals surface area contributed by atoms with Crippen molar-refractivity contribution in [1.29, 1.82) is 0 Å². The van der Waals surface area contributed by atoms with E-state index in [0.29, 0.717) is 5.02 Å². The highest BCUT2D eigenvalue weighted by atomic mass is 35.5. The third-order valence-electron chi connectivity index (χ3n) is 5.16. The lowest BCUT2D eigenvalue weighted by atomic mass is 10.1. The van der Waals surface area contributed by atoms with Gasteiger partial charge in [-0.15, -0.1) is 0 Å². The average molecular weight is 396 g/mol. The van der Waals surface area contributed by atoms with Crippen molar-refractivity contribution in [2.75, 3.05) is 29.9 Å². The standard InChI is InChI=1S/C22H26ClN5/c1-16-14-22(28-12-3-2-4-13-28)27-21(26-16)6-5-10-24-19-9-11-25-20-15-17(23)7-8-18(19)20/h7-9,11,14-15H,2-6,10,12-13H2,1H3,(H,24,25). The lowest BCUT2D eigenvalue weighted by molar-refractivity contribution is 0.571. The molecule has 0 atom stereocenters. The fourth-order valence-corrected chi connectivity index (χ4v) is 3.92. The summed E-state index contributed by atoms with van der Waals surface area (Å²) in [4.78, 5) is 16.3. The Morgan fingerprint density at radius 3 is 2.79 bits per heavy atom. The van der Waals surface area contributed by atoms with Crippen LogP contribution in [0, 0.1) is 6.92 Å². The predicted octanol–water partition coefficient (Wildman–Crippen LogP) is 5.02. The van der Waals surface area contributed by atoms with E-state index >= 15 is 0 Å². The molecular formula is C22H26ClN5. The van der Waals surface area contributed by atoms with E-state index in [9.17, 15) is 0 Å². The highest BCUT2D eigenvalue weighted by Crippen LogP contribution is 2.24. The van der Waals surface area contributed by atoms with E-state index in [1.54, 1.807) is 0 Å². The minimum Gasteiger partial charge on any atom is -0.384 e. The summed E-state index contributed by atoms with van der Waals surface area (Å²) in [6.07, 6.45) is 7.50. The molecule has 0 radical (unpaired) electrons. The quantitative estimate of drug-likeness (QED) is 0.594. The third-order valence-corrected chi connectivity index (χ3v) is 5.40. The molecule has 1 fully saturated rings. The number of aryl methyl sites for hydroxylation is 2. The average Bonchev–Trinajstić information content (AvgIpc) is 2.71. The summed E-state index contributed by atoms with van der Waals surface area (Å²) in [5, 5.41) is 5.32. The van der Waals surface area contributed by atoms with Gasteiger partial charge in [0.05, 0.1) is 5.52 Å². The summed E-state index contributed by atoms with van der Waals surface area (Å²) in [6, 6.07) is 9.93. The Morgan fingerprint density at radius 1 is 1.07 bits per heavy atom. The Balaban J connectivity index is 1.37. The second-order valence-electron chi connectivity index (χ2n) is 7.38. The maximum absolute atomic E-state index is 6.07. The minimum absolute atomic E-state index is 0.707. The van der Waals surface area contributed by atoms with Crippen molar-refractivity contribution < 1.29 is 0 Å². The summed E-state index contributed by atoms with van der Waals surface area (Å²) in [6.45, 7) is 5.14. The molecule has 3 heterocycles. The molecular weight excluding hydrogens is 370 g/mol. The van der Waals surface area contributed by atoms with Crippen LogP contribution < -0.4 is 10.2 Å². The number of hydrogen-bond acceptors (Lipinski definition) is 5. The lowest BCUT2D eigenvalue weighted by Crippen LogP contribution is -2.30. The summed E-state index contributed by atoms with van der Waals surface area (Å²) >= 11 is 6.07. The molecule has 0 saturated carbocycles. The van der Waals surface area contributed by atoms with Gasteiger partial charge in [0.15, 0.2) is 0 Å². The van der Waals surface area contributed by atoms with Crippen LogP contribution in [0.25, 0.3) is 10.9 Å². The maximum Gasteiger partial charge on any atom is 0.132 e. The van der Waals surface area contributed by atoms with Crippen LogP contribution in [-0.2, 0) is 6.42 Å². The van der Waals surface area contributed by atoms with Crippen molar-refractivity contribution in [1.82, 2.24) is 15.0 Å². The van der Waals surface area contributed by atoms with Crippen LogP contribution in [0.3, 0.4) is 0 Å². The number of nitrogens with one attached hydrogen (secondary N) is 1. The van der Waals surface area contributed by atoms with Crippen molar-refractivity contribution in [3.8, 4) is 0 Å². The van der Waals surface area contributed by atoms with Gasteiger partial charge in [0.2, 0.25) is 0 Å². The molecule has 28 heavy (non-hydrogen) atoms. The topological polar surface area (TPSA) is 53.9 Å². The minimum atomic E-state index is 0.707. The molecule has 0 spiro atoms. The van der Waals surface area contributed by atoms with Crippen LogP contribution in [0.1, 0.15) is 37.2 Å². The van der Waals surface area contributed by atoms with E-state index in [1.165, 1.54) is 19.3 Å². The molecule has 0 unspecified atom stereocenters. The van der Waals surface area contributed by atoms with Crippen LogP contribution in [0.15, 0.2) is 36.5 Å². The number of benzene rings is 1. The normalized spacial score (nSPS) is 14.4. The second kappa shape index (κ2) is 8.74. The van der Waals surface area contributed by atoms with Gasteiger partial charge in [0, 0.05) is 60.1 Å². The van der Waals surface area contributed by atoms with Crippen molar-refractivity contribution in [2.24, 2.45) is 0 Å². The van der Waals surface area contributed by atoms with E-state index in [1.807, 2.05) is 30.5 Å². The van der Waals surface area contributed by atoms with Gasteiger partial charge < -0.3 is 10.2 Å². The van der Waals surface area contributed by atoms with Gasteiger partial charge in [-0.25, -0.2) is 9.97 Å². The van der Waals surface area contributed by atoms with Crippen molar-refractivity contribution in [2.45, 2.75) is 39.0 Å². The molecule has 1 saturated heterocycles. The molecule has 6 heteroatoms. The fourth-order valence-electron chi connectivity index (χ4n) is 3.75. The molecule has 1 aliphatic heterocycles. The molecule has 1 N–H and O–H groups in total. The van der Waals surface area contributed by atoms with E-state index in [-0.39, 0.29) is 0 Å². The van der Waals surface area contributed by atoms with Crippen molar-refractivity contribution in [3.63, 3.8) is 0 Å². The first-order chi connectivity index (χ1) is 13.7. The van der Waals surface area contributed by atoms with Crippen LogP contribution in [0.4, 0.5) is 11.5 Å². The van der Waals surface area contributed by atoms with Crippen LogP contribution >= 0.6 is 11.6 Å². The SMILES string of the molecule is Cc1cc(N2CCCCC2)nc(CCCNc2ccnc3cc(Cl)ccc23)n1. The number of hydrogen-bond donors (Lipinski definition) is 1. The molecule has 5 nitrogen and oxygen atoms in total. The molecule has 2 aromatic heterocycles. The summed E-state index contributed by atoms with van der Waals surface area (Å²) in [7, 11) is 0. The van der Waals surface area contributed by atoms with Crippen molar-refractivity contribution >= 4 is 34.0 Å². The van der Waals surface area contributed by atoms with Gasteiger partial charge in [0.25, 0.3) is 0 Å². The van der Waals surface area contributed by atoms with Gasteiger partial charge in [-0.3, -0.25) is 4.98 Å². The zero-order chi connectivity index (χ0) is 19.3. The van der Waals surface area contributed by atoms with Crippen LogP contribution in [-0.4, -0.2) is 34.6 Å². The number of piperidine rings is 1. The molecule has 0 aliphatic carbocycles. The maximum atomic E-state index is 6.07. The smallest absolute Gasteiger partial charge is 0.132 e. The molecule has 4 rings (SSSR count). The number of halogens is 1. The van der Waals surface area contributed by atoms with Gasteiger partial charge in [-0.1, -0.05) is 11.6 Å². The number of rotatable bonds is 6. The Labute approximate surface area is 171 Å². The third kappa shape index (κ3) is 4.53. The van der Waals surface area contributed by atoms with Gasteiger partial charge in [-0.2, -0.15) is 0 Å². The first-order valence-electron chi connectivity index (χ1n) is 10.1. The highest BCUT2D eigenvalue weighted by molar-refractivity contribution is 6.31. The lowest BCUT2D eigenvalue weighted by Gasteiger charge is -2.28. The number of fused-ring (bicyclic) bond motifs is 1. The Morgan fingerprint density at radius 2 is 1.93 bits per heavy atom. The molecule has 0 amide bonds. The molecule has 146 valence electrons. The molecule has 3 aromatic rings. The molecule has 1 aromatic carbocycles. The van der Waals surface area contributed by atoms with E-state index in [0.717, 1.165) is 66.4 Å². The van der Waals surface area contributed by atoms with Gasteiger partial charge in [-0.05, 0) is 56.9 Å². The largest absolute Gasteiger partial charge is 0.384 e. The van der Waals surface area contributed by atoms with E-state index in [4.69, 9.17) is 16.6 Å². The number of pyridine rings is 1. The van der Waals surface area contributed by atoms with Crippen LogP contribution in [0.2, 0.25) is 5.02 Å². The first-order valence-corrected chi connectivity index (χ1v) is 10.4. The predicted molar refractivity (Wildman–Crippen MR) is 116 cm³/mol. The first kappa shape index (κ1) is 18.9. The molecule has 0 bridgehead atoms. The van der Waals surface area contributed by atoms with Crippen molar-refractivity contribution in [3.05, 3.63) is 53.1 Å². The second-order valence-corrected chi connectivity index (χ2v) is 7.82. The monoisotopic (exact) mass is 395 g/mol. The number of anilines is 2. The fraction of sp³-hybridized carbons (Fsp3) is 0.409. The number of nitrogens with zero attached hydrogens (tertiary/aromatic N) is 4. The summed E-state index contributed by atoms with van der Waals surface area (Å²) < 4.78 is 0. The Bertz CT molecular complexity index is 953. The van der Waals surface area contributed by atoms with E-state index < -0.39 is 0 Å². The molecule has 1 aliphatic rings. The van der Waals surface area contributed by atoms with Crippen LogP contribution in [0.5, 0.6) is 0 Å². The number of aromatic nitrogens is 3. The zero-order valence-corrected chi connectivity index (χ0v) is 17.0. The van der Waals surface area contributed by atoms with E-state index in [2.05, 4.69) is 33.2 Å². The Hall–Kier alpha value is -2.40. The Kier molecular flexibility index (Phi) is 5.91. The van der Waals surface area contributed by atoms with Gasteiger partial charge in [0.1, 0.15) is 11.6 Å².